The Morgan fingerprint density at radius 2 is 2.27 bits per heavy atom. The van der Waals surface area contributed by atoms with Gasteiger partial charge in [0.2, 0.25) is 0 Å². The van der Waals surface area contributed by atoms with Crippen molar-refractivity contribution in [3.63, 3.8) is 0 Å². The minimum Gasteiger partial charge on any atom is -0.392 e. The highest BCUT2D eigenvalue weighted by Gasteiger charge is 1.99. The van der Waals surface area contributed by atoms with E-state index >= 15 is 0 Å². The van der Waals surface area contributed by atoms with Crippen LogP contribution >= 0.6 is 0 Å². The first kappa shape index (κ1) is 9.77. The number of aromatic nitrogens is 2. The van der Waals surface area contributed by atoms with Crippen LogP contribution < -0.4 is 5.32 Å². The molecule has 0 spiro atoms. The third-order valence-electron chi connectivity index (χ3n) is 2.46. The monoisotopic (exact) mass is 201 g/mol. The fraction of sp³-hybridized carbons (Fsp3) is 0.250. The van der Waals surface area contributed by atoms with Gasteiger partial charge in [-0.25, -0.2) is 0 Å². The van der Waals surface area contributed by atoms with Crippen LogP contribution in [-0.2, 0) is 6.54 Å². The summed E-state index contributed by atoms with van der Waals surface area (Å²) in [5, 5.41) is 8.69. The van der Waals surface area contributed by atoms with Crippen LogP contribution in [0.4, 0.5) is 0 Å². The SMILES string of the molecule is C=C(CCn1cc2ccccc2n1)NC. The summed E-state index contributed by atoms with van der Waals surface area (Å²) in [5.41, 5.74) is 2.09. The van der Waals surface area contributed by atoms with E-state index in [9.17, 15) is 0 Å². The Morgan fingerprint density at radius 3 is 3.00 bits per heavy atom. The maximum atomic E-state index is 4.47. The highest BCUT2D eigenvalue weighted by molar-refractivity contribution is 5.77. The molecule has 0 aliphatic rings. The van der Waals surface area contributed by atoms with Crippen molar-refractivity contribution in [3.8, 4) is 0 Å². The first-order valence-electron chi connectivity index (χ1n) is 5.07. The van der Waals surface area contributed by atoms with E-state index in [1.165, 1.54) is 5.39 Å². The lowest BCUT2D eigenvalue weighted by molar-refractivity contribution is 0.606. The molecule has 2 rings (SSSR count). The van der Waals surface area contributed by atoms with Gasteiger partial charge in [0.25, 0.3) is 0 Å². The van der Waals surface area contributed by atoms with E-state index in [1.807, 2.05) is 29.9 Å². The fourth-order valence-electron chi connectivity index (χ4n) is 1.50. The number of rotatable bonds is 4. The molecule has 0 aliphatic heterocycles. The molecule has 0 fully saturated rings. The van der Waals surface area contributed by atoms with Gasteiger partial charge < -0.3 is 5.32 Å². The van der Waals surface area contributed by atoms with Crippen molar-refractivity contribution in [3.05, 3.63) is 42.7 Å². The third-order valence-corrected chi connectivity index (χ3v) is 2.46. The maximum Gasteiger partial charge on any atom is 0.0923 e. The van der Waals surface area contributed by atoms with E-state index in [0.29, 0.717) is 0 Å². The lowest BCUT2D eigenvalue weighted by Crippen LogP contribution is -2.08. The molecule has 0 aliphatic carbocycles. The number of allylic oxidation sites excluding steroid dienone is 1. The van der Waals surface area contributed by atoms with Crippen LogP contribution in [0.1, 0.15) is 6.42 Å². The average Bonchev–Trinajstić information content (AvgIpc) is 2.68. The predicted molar refractivity (Wildman–Crippen MR) is 62.5 cm³/mol. The molecule has 3 nitrogen and oxygen atoms in total. The molecule has 0 radical (unpaired) electrons. The molecule has 3 heteroatoms. The van der Waals surface area contributed by atoms with Crippen LogP contribution in [0.5, 0.6) is 0 Å². The second-order valence-corrected chi connectivity index (χ2v) is 3.55. The lowest BCUT2D eigenvalue weighted by Gasteiger charge is -2.03. The Hall–Kier alpha value is -1.77. The highest BCUT2D eigenvalue weighted by Crippen LogP contribution is 2.11. The second kappa shape index (κ2) is 4.17. The molecular weight excluding hydrogens is 186 g/mol. The summed E-state index contributed by atoms with van der Waals surface area (Å²) < 4.78 is 1.97. The molecule has 0 bridgehead atoms. The third kappa shape index (κ3) is 2.18. The minimum absolute atomic E-state index is 0.869. The van der Waals surface area contributed by atoms with Gasteiger partial charge in [0.15, 0.2) is 0 Å². The molecule has 2 aromatic rings. The molecule has 1 N–H and O–H groups in total. The number of hydrogen-bond acceptors (Lipinski definition) is 2. The number of hydrogen-bond donors (Lipinski definition) is 1. The van der Waals surface area contributed by atoms with Gasteiger partial charge >= 0.3 is 0 Å². The van der Waals surface area contributed by atoms with Gasteiger partial charge in [0.05, 0.1) is 5.52 Å². The Morgan fingerprint density at radius 1 is 1.47 bits per heavy atom. The molecule has 0 unspecified atom stereocenters. The summed E-state index contributed by atoms with van der Waals surface area (Å²) in [5.74, 6) is 0. The van der Waals surface area contributed by atoms with E-state index in [2.05, 4.69) is 29.3 Å². The van der Waals surface area contributed by atoms with Crippen LogP contribution in [-0.4, -0.2) is 16.8 Å². The van der Waals surface area contributed by atoms with Crippen molar-refractivity contribution in [1.82, 2.24) is 15.1 Å². The summed E-state index contributed by atoms with van der Waals surface area (Å²) in [4.78, 5) is 0. The highest BCUT2D eigenvalue weighted by atomic mass is 15.3. The number of nitrogens with zero attached hydrogens (tertiary/aromatic N) is 2. The van der Waals surface area contributed by atoms with Crippen LogP contribution in [0.3, 0.4) is 0 Å². The summed E-state index contributed by atoms with van der Waals surface area (Å²) in [6.45, 7) is 4.76. The Balaban J connectivity index is 2.12. The smallest absolute Gasteiger partial charge is 0.0923 e. The zero-order chi connectivity index (χ0) is 10.7. The van der Waals surface area contributed by atoms with Crippen molar-refractivity contribution in [2.24, 2.45) is 0 Å². The zero-order valence-corrected chi connectivity index (χ0v) is 8.90. The number of fused-ring (bicyclic) bond motifs is 1. The van der Waals surface area contributed by atoms with Crippen LogP contribution in [0.2, 0.25) is 0 Å². The Labute approximate surface area is 89.4 Å². The standard InChI is InChI=1S/C12H15N3/c1-10(13-2)7-8-15-9-11-5-3-4-6-12(11)14-15/h3-6,9,13H,1,7-8H2,2H3. The molecule has 15 heavy (non-hydrogen) atoms. The van der Waals surface area contributed by atoms with Crippen molar-refractivity contribution < 1.29 is 0 Å². The number of aryl methyl sites for hydroxylation is 1. The average molecular weight is 201 g/mol. The summed E-state index contributed by atoms with van der Waals surface area (Å²) in [6.07, 6.45) is 2.97. The van der Waals surface area contributed by atoms with E-state index in [1.54, 1.807) is 0 Å². The molecule has 1 aromatic carbocycles. The van der Waals surface area contributed by atoms with E-state index < -0.39 is 0 Å². The summed E-state index contributed by atoms with van der Waals surface area (Å²) >= 11 is 0. The Kier molecular flexibility index (Phi) is 2.72. The van der Waals surface area contributed by atoms with Gasteiger partial charge in [0.1, 0.15) is 0 Å². The van der Waals surface area contributed by atoms with Crippen LogP contribution in [0.15, 0.2) is 42.7 Å². The summed E-state index contributed by atoms with van der Waals surface area (Å²) in [7, 11) is 1.89. The molecule has 78 valence electrons. The normalized spacial score (nSPS) is 10.5. The quantitative estimate of drug-likeness (QED) is 0.821. The van der Waals surface area contributed by atoms with Gasteiger partial charge in [-0.15, -0.1) is 0 Å². The first-order chi connectivity index (χ1) is 7.29. The molecule has 0 amide bonds. The molecular formula is C12H15N3. The first-order valence-corrected chi connectivity index (χ1v) is 5.07. The number of nitrogens with one attached hydrogen (secondary N) is 1. The second-order valence-electron chi connectivity index (χ2n) is 3.55. The van der Waals surface area contributed by atoms with Crippen molar-refractivity contribution in [2.75, 3.05) is 7.05 Å². The van der Waals surface area contributed by atoms with E-state index in [-0.39, 0.29) is 0 Å². The maximum absolute atomic E-state index is 4.47. The molecule has 0 saturated heterocycles. The predicted octanol–water partition coefficient (Wildman–Crippen LogP) is 2.16. The van der Waals surface area contributed by atoms with E-state index in [0.717, 1.165) is 24.2 Å². The van der Waals surface area contributed by atoms with Crippen molar-refractivity contribution >= 4 is 10.9 Å². The van der Waals surface area contributed by atoms with Crippen LogP contribution in [0.25, 0.3) is 10.9 Å². The fourth-order valence-corrected chi connectivity index (χ4v) is 1.50. The van der Waals surface area contributed by atoms with Gasteiger partial charge in [-0.3, -0.25) is 4.68 Å². The molecule has 1 aromatic heterocycles. The topological polar surface area (TPSA) is 29.9 Å². The van der Waals surface area contributed by atoms with Crippen molar-refractivity contribution in [1.29, 1.82) is 0 Å². The molecule has 0 atom stereocenters. The van der Waals surface area contributed by atoms with Gasteiger partial charge in [-0.2, -0.15) is 5.10 Å². The van der Waals surface area contributed by atoms with Gasteiger partial charge in [-0.05, 0) is 6.07 Å². The summed E-state index contributed by atoms with van der Waals surface area (Å²) in [6, 6.07) is 8.14. The van der Waals surface area contributed by atoms with Crippen LogP contribution in [0, 0.1) is 0 Å². The van der Waals surface area contributed by atoms with Gasteiger partial charge in [0, 0.05) is 37.3 Å². The number of benzene rings is 1. The Bertz CT molecular complexity index is 437. The van der Waals surface area contributed by atoms with Crippen molar-refractivity contribution in [2.45, 2.75) is 13.0 Å². The largest absolute Gasteiger partial charge is 0.392 e. The molecule has 1 heterocycles. The molecule has 0 saturated carbocycles. The lowest BCUT2D eigenvalue weighted by atomic mass is 10.3. The van der Waals surface area contributed by atoms with E-state index in [4.69, 9.17) is 0 Å². The van der Waals surface area contributed by atoms with Gasteiger partial charge in [-0.1, -0.05) is 24.8 Å². The minimum atomic E-state index is 0.869. The zero-order valence-electron chi connectivity index (χ0n) is 8.90.